The van der Waals surface area contributed by atoms with Gasteiger partial charge in [-0.15, -0.1) is 0 Å². The van der Waals surface area contributed by atoms with Gasteiger partial charge in [-0.25, -0.2) is 0 Å². The van der Waals surface area contributed by atoms with E-state index in [0.29, 0.717) is 12.0 Å². The van der Waals surface area contributed by atoms with Crippen LogP contribution in [0.15, 0.2) is 0 Å². The van der Waals surface area contributed by atoms with Gasteiger partial charge in [0, 0.05) is 26.7 Å². The number of β-amino-alcohol motifs (C(OH)–C–C–N with tert-alkyl or cyclic N) is 1. The molecule has 1 rings (SSSR count). The molecule has 0 aromatic rings. The molecule has 0 radical (unpaired) electrons. The lowest BCUT2D eigenvalue weighted by molar-refractivity contribution is -0.0514. The van der Waals surface area contributed by atoms with Crippen LogP contribution in [0.25, 0.3) is 0 Å². The van der Waals surface area contributed by atoms with Gasteiger partial charge in [0.2, 0.25) is 0 Å². The van der Waals surface area contributed by atoms with Crippen molar-refractivity contribution < 1.29 is 9.84 Å². The number of hydrogen-bond acceptors (Lipinski definition) is 3. The number of nitrogens with zero attached hydrogens (tertiary/aromatic N) is 1. The van der Waals surface area contributed by atoms with Gasteiger partial charge in [0.1, 0.15) is 0 Å². The molecule has 1 heterocycles. The molecule has 1 unspecified atom stereocenters. The first kappa shape index (κ1) is 13.9. The average Bonchev–Trinajstić information content (AvgIpc) is 2.16. The molecule has 0 saturated carbocycles. The summed E-state index contributed by atoms with van der Waals surface area (Å²) in [7, 11) is 1.64. The fourth-order valence-electron chi connectivity index (χ4n) is 3.08. The van der Waals surface area contributed by atoms with Crippen LogP contribution in [-0.2, 0) is 4.74 Å². The first-order chi connectivity index (χ1) is 7.65. The van der Waals surface area contributed by atoms with Crippen LogP contribution < -0.4 is 0 Å². The molecule has 3 heteroatoms. The topological polar surface area (TPSA) is 32.7 Å². The largest absolute Gasteiger partial charge is 0.389 e. The van der Waals surface area contributed by atoms with Gasteiger partial charge < -0.3 is 9.84 Å². The normalized spacial score (nSPS) is 21.8. The van der Waals surface area contributed by atoms with Gasteiger partial charge >= 0.3 is 0 Å². The van der Waals surface area contributed by atoms with E-state index in [4.69, 9.17) is 4.74 Å². The Hall–Kier alpha value is -0.120. The highest BCUT2D eigenvalue weighted by Crippen LogP contribution is 2.39. The van der Waals surface area contributed by atoms with Crippen molar-refractivity contribution in [3.63, 3.8) is 0 Å². The van der Waals surface area contributed by atoms with Crippen LogP contribution in [0.2, 0.25) is 0 Å². The summed E-state index contributed by atoms with van der Waals surface area (Å²) < 4.78 is 4.94. The molecule has 0 spiro atoms. The number of methoxy groups -OCH3 is 1. The fourth-order valence-corrected chi connectivity index (χ4v) is 3.08. The molecule has 96 valence electrons. The summed E-state index contributed by atoms with van der Waals surface area (Å²) in [5.41, 5.74) is 0.552. The Morgan fingerprint density at radius 1 is 1.25 bits per heavy atom. The van der Waals surface area contributed by atoms with E-state index in [1.54, 1.807) is 7.11 Å². The Labute approximate surface area is 99.8 Å². The molecule has 1 saturated heterocycles. The third-order valence-corrected chi connectivity index (χ3v) is 3.51. The molecule has 1 fully saturated rings. The number of likely N-dealkylation sites (tertiary alicyclic amines) is 1. The lowest BCUT2D eigenvalue weighted by atomic mass is 9.72. The summed E-state index contributed by atoms with van der Waals surface area (Å²) in [6, 6.07) is 0. The van der Waals surface area contributed by atoms with Gasteiger partial charge in [-0.2, -0.15) is 0 Å². The summed E-state index contributed by atoms with van der Waals surface area (Å²) in [5.74, 6) is 0. The number of hydrogen-bond donors (Lipinski definition) is 1. The molecule has 0 aliphatic carbocycles. The molecule has 0 aromatic heterocycles. The van der Waals surface area contributed by atoms with Crippen LogP contribution in [0.1, 0.15) is 39.5 Å². The first-order valence-corrected chi connectivity index (χ1v) is 6.55. The van der Waals surface area contributed by atoms with Crippen LogP contribution in [0, 0.1) is 5.41 Å². The Morgan fingerprint density at radius 3 is 2.25 bits per heavy atom. The van der Waals surface area contributed by atoms with E-state index in [2.05, 4.69) is 18.7 Å². The second kappa shape index (κ2) is 6.58. The summed E-state index contributed by atoms with van der Waals surface area (Å²) in [5, 5.41) is 9.65. The number of rotatable bonds is 8. The zero-order valence-electron chi connectivity index (χ0n) is 11.0. The maximum Gasteiger partial charge on any atom is 0.0900 e. The molecule has 0 aromatic carbocycles. The quantitative estimate of drug-likeness (QED) is 0.690. The fraction of sp³-hybridized carbons (Fsp3) is 1.00. The van der Waals surface area contributed by atoms with Crippen molar-refractivity contribution in [2.45, 2.75) is 45.6 Å². The van der Waals surface area contributed by atoms with E-state index < -0.39 is 0 Å². The Bertz CT molecular complexity index is 182. The third kappa shape index (κ3) is 3.72. The van der Waals surface area contributed by atoms with Gasteiger partial charge in [0.25, 0.3) is 0 Å². The second-order valence-electron chi connectivity index (χ2n) is 5.28. The maximum absolute atomic E-state index is 9.65. The Kier molecular flexibility index (Phi) is 5.73. The van der Waals surface area contributed by atoms with Crippen LogP contribution in [-0.4, -0.2) is 49.5 Å². The SMILES string of the molecule is CCCC1(CCC)CN(CC(O)COC)C1. The van der Waals surface area contributed by atoms with Crippen molar-refractivity contribution in [2.75, 3.05) is 33.4 Å². The van der Waals surface area contributed by atoms with E-state index in [1.165, 1.54) is 25.7 Å². The highest BCUT2D eigenvalue weighted by atomic mass is 16.5. The molecule has 1 aliphatic heterocycles. The van der Waals surface area contributed by atoms with Crippen molar-refractivity contribution in [1.29, 1.82) is 0 Å². The summed E-state index contributed by atoms with van der Waals surface area (Å²) in [4.78, 5) is 2.36. The lowest BCUT2D eigenvalue weighted by Crippen LogP contribution is -2.58. The van der Waals surface area contributed by atoms with Crippen LogP contribution in [0.5, 0.6) is 0 Å². The summed E-state index contributed by atoms with van der Waals surface area (Å²) in [6.07, 6.45) is 4.88. The van der Waals surface area contributed by atoms with Crippen molar-refractivity contribution in [3.05, 3.63) is 0 Å². The van der Waals surface area contributed by atoms with E-state index in [1.807, 2.05) is 0 Å². The molecule has 16 heavy (non-hydrogen) atoms. The van der Waals surface area contributed by atoms with Crippen LogP contribution in [0.4, 0.5) is 0 Å². The smallest absolute Gasteiger partial charge is 0.0900 e. The molecule has 1 N–H and O–H groups in total. The lowest BCUT2D eigenvalue weighted by Gasteiger charge is -2.51. The molecule has 0 amide bonds. The van der Waals surface area contributed by atoms with E-state index >= 15 is 0 Å². The van der Waals surface area contributed by atoms with Gasteiger partial charge in [-0.3, -0.25) is 4.90 Å². The van der Waals surface area contributed by atoms with Crippen LogP contribution >= 0.6 is 0 Å². The highest BCUT2D eigenvalue weighted by molar-refractivity contribution is 4.94. The summed E-state index contributed by atoms with van der Waals surface area (Å²) in [6.45, 7) is 8.07. The van der Waals surface area contributed by atoms with E-state index in [0.717, 1.165) is 19.6 Å². The predicted molar refractivity (Wildman–Crippen MR) is 66.6 cm³/mol. The monoisotopic (exact) mass is 229 g/mol. The molecule has 1 atom stereocenters. The number of aliphatic hydroxyl groups excluding tert-OH is 1. The highest BCUT2D eigenvalue weighted by Gasteiger charge is 2.41. The van der Waals surface area contributed by atoms with Gasteiger partial charge in [-0.1, -0.05) is 26.7 Å². The number of aliphatic hydroxyl groups is 1. The molecular weight excluding hydrogens is 202 g/mol. The predicted octanol–water partition coefficient (Wildman–Crippen LogP) is 1.90. The zero-order chi connectivity index (χ0) is 12.0. The van der Waals surface area contributed by atoms with Gasteiger partial charge in [-0.05, 0) is 18.3 Å². The minimum atomic E-state index is -0.328. The number of ether oxygens (including phenoxy) is 1. The van der Waals surface area contributed by atoms with Crippen molar-refractivity contribution in [3.8, 4) is 0 Å². The minimum absolute atomic E-state index is 0.328. The van der Waals surface area contributed by atoms with Crippen molar-refractivity contribution in [2.24, 2.45) is 5.41 Å². The first-order valence-electron chi connectivity index (χ1n) is 6.55. The second-order valence-corrected chi connectivity index (χ2v) is 5.28. The third-order valence-electron chi connectivity index (χ3n) is 3.51. The van der Waals surface area contributed by atoms with Crippen LogP contribution in [0.3, 0.4) is 0 Å². The van der Waals surface area contributed by atoms with Crippen molar-refractivity contribution >= 4 is 0 Å². The van der Waals surface area contributed by atoms with E-state index in [-0.39, 0.29) is 6.10 Å². The van der Waals surface area contributed by atoms with Crippen molar-refractivity contribution in [1.82, 2.24) is 4.90 Å². The zero-order valence-corrected chi connectivity index (χ0v) is 11.0. The average molecular weight is 229 g/mol. The van der Waals surface area contributed by atoms with Gasteiger partial charge in [0.05, 0.1) is 12.7 Å². The van der Waals surface area contributed by atoms with E-state index in [9.17, 15) is 5.11 Å². The molecule has 3 nitrogen and oxygen atoms in total. The molecular formula is C13H27NO2. The minimum Gasteiger partial charge on any atom is -0.389 e. The summed E-state index contributed by atoms with van der Waals surface area (Å²) >= 11 is 0. The standard InChI is InChI=1S/C13H27NO2/c1-4-6-13(7-5-2)10-14(11-13)8-12(15)9-16-3/h12,15H,4-11H2,1-3H3. The Balaban J connectivity index is 2.27. The van der Waals surface area contributed by atoms with Gasteiger partial charge in [0.15, 0.2) is 0 Å². The maximum atomic E-state index is 9.65. The Morgan fingerprint density at radius 2 is 1.81 bits per heavy atom. The molecule has 1 aliphatic rings. The molecule has 0 bridgehead atoms.